The second kappa shape index (κ2) is 7.40. The van der Waals surface area contributed by atoms with E-state index in [4.69, 9.17) is 4.74 Å². The number of nitrogens with zero attached hydrogens (tertiary/aromatic N) is 2. The van der Waals surface area contributed by atoms with Gasteiger partial charge in [0.15, 0.2) is 16.7 Å². The Morgan fingerprint density at radius 2 is 2.16 bits per heavy atom. The van der Waals surface area contributed by atoms with E-state index < -0.39 is 0 Å². The standard InChI is InChI=1S/C16H18N4O3S2/c1-8(2)17-15-19-20-16(25-15)24-9(3)14(22)10-4-5-12-11(6-10)18-13(21)7-23-12/h4-6,8-9H,7H2,1-3H3,(H,17,19)(H,18,21). The highest BCUT2D eigenvalue weighted by Gasteiger charge is 2.22. The molecule has 1 aromatic heterocycles. The molecule has 0 saturated carbocycles. The van der Waals surface area contributed by atoms with Crippen LogP contribution in [0.15, 0.2) is 22.5 Å². The third-order valence-electron chi connectivity index (χ3n) is 3.36. The van der Waals surface area contributed by atoms with Gasteiger partial charge in [0.05, 0.1) is 10.9 Å². The number of rotatable bonds is 6. The van der Waals surface area contributed by atoms with Gasteiger partial charge in [-0.3, -0.25) is 9.59 Å². The Morgan fingerprint density at radius 1 is 1.36 bits per heavy atom. The minimum absolute atomic E-state index is 0.00363. The predicted octanol–water partition coefficient (Wildman–Crippen LogP) is 3.05. The first-order valence-corrected chi connectivity index (χ1v) is 9.49. The number of benzene rings is 1. The predicted molar refractivity (Wildman–Crippen MR) is 98.9 cm³/mol. The maximum Gasteiger partial charge on any atom is 0.262 e. The summed E-state index contributed by atoms with van der Waals surface area (Å²) in [7, 11) is 0. The molecule has 1 amide bonds. The van der Waals surface area contributed by atoms with Crippen LogP contribution in [-0.2, 0) is 4.79 Å². The molecule has 0 fully saturated rings. The lowest BCUT2D eigenvalue weighted by Crippen LogP contribution is -2.25. The van der Waals surface area contributed by atoms with Crippen LogP contribution in [0.2, 0.25) is 0 Å². The lowest BCUT2D eigenvalue weighted by Gasteiger charge is -2.18. The van der Waals surface area contributed by atoms with Gasteiger partial charge in [0.1, 0.15) is 5.75 Å². The van der Waals surface area contributed by atoms with Crippen LogP contribution in [0, 0.1) is 0 Å². The molecule has 1 aromatic carbocycles. The quantitative estimate of drug-likeness (QED) is 0.589. The smallest absolute Gasteiger partial charge is 0.262 e. The molecular formula is C16H18N4O3S2. The van der Waals surface area contributed by atoms with E-state index in [1.165, 1.54) is 23.1 Å². The second-order valence-corrected chi connectivity index (χ2v) is 8.41. The molecule has 7 nitrogen and oxygen atoms in total. The maximum absolute atomic E-state index is 12.7. The molecule has 0 bridgehead atoms. The molecule has 1 aliphatic heterocycles. The van der Waals surface area contributed by atoms with Crippen LogP contribution in [0.3, 0.4) is 0 Å². The summed E-state index contributed by atoms with van der Waals surface area (Å²) in [4.78, 5) is 24.1. The first-order valence-electron chi connectivity index (χ1n) is 7.80. The molecule has 1 unspecified atom stereocenters. The number of ether oxygens (including phenoxy) is 1. The van der Waals surface area contributed by atoms with Crippen molar-refractivity contribution in [3.63, 3.8) is 0 Å². The van der Waals surface area contributed by atoms with Crippen LogP contribution in [0.25, 0.3) is 0 Å². The van der Waals surface area contributed by atoms with Crippen molar-refractivity contribution in [1.29, 1.82) is 0 Å². The van der Waals surface area contributed by atoms with Gasteiger partial charge >= 0.3 is 0 Å². The number of fused-ring (bicyclic) bond motifs is 1. The van der Waals surface area contributed by atoms with Crippen LogP contribution >= 0.6 is 23.1 Å². The Balaban J connectivity index is 1.69. The lowest BCUT2D eigenvalue weighted by molar-refractivity contribution is -0.118. The third kappa shape index (κ3) is 4.29. The Morgan fingerprint density at radius 3 is 2.92 bits per heavy atom. The molecule has 2 N–H and O–H groups in total. The SMILES string of the molecule is CC(C)Nc1nnc(SC(C)C(=O)c2ccc3c(c2)NC(=O)CO3)s1. The second-order valence-electron chi connectivity index (χ2n) is 5.84. The van der Waals surface area contributed by atoms with Crippen molar-refractivity contribution in [2.24, 2.45) is 0 Å². The molecule has 1 aliphatic rings. The van der Waals surface area contributed by atoms with Gasteiger partial charge in [0.25, 0.3) is 5.91 Å². The number of ketones is 1. The van der Waals surface area contributed by atoms with Gasteiger partial charge in [-0.05, 0) is 39.0 Å². The molecule has 1 atom stereocenters. The topological polar surface area (TPSA) is 93.2 Å². The Labute approximate surface area is 153 Å². The lowest BCUT2D eigenvalue weighted by atomic mass is 10.1. The van der Waals surface area contributed by atoms with Crippen LogP contribution in [-0.4, -0.2) is 39.8 Å². The number of anilines is 2. The van der Waals surface area contributed by atoms with Gasteiger partial charge in [-0.2, -0.15) is 0 Å². The van der Waals surface area contributed by atoms with E-state index in [1.54, 1.807) is 18.2 Å². The minimum Gasteiger partial charge on any atom is -0.482 e. The molecule has 0 aliphatic carbocycles. The first kappa shape index (κ1) is 17.7. The summed E-state index contributed by atoms with van der Waals surface area (Å²) in [6.45, 7) is 5.88. The highest BCUT2D eigenvalue weighted by molar-refractivity contribution is 8.02. The van der Waals surface area contributed by atoms with Crippen LogP contribution in [0.1, 0.15) is 31.1 Å². The van der Waals surface area contributed by atoms with E-state index in [1.807, 2.05) is 20.8 Å². The van der Waals surface area contributed by atoms with Crippen molar-refractivity contribution in [1.82, 2.24) is 10.2 Å². The van der Waals surface area contributed by atoms with E-state index in [0.717, 1.165) is 9.47 Å². The van der Waals surface area contributed by atoms with Crippen LogP contribution < -0.4 is 15.4 Å². The normalized spacial score (nSPS) is 14.5. The maximum atomic E-state index is 12.7. The molecule has 132 valence electrons. The molecule has 2 aromatic rings. The number of carbonyl (C=O) groups excluding carboxylic acids is 2. The summed E-state index contributed by atoms with van der Waals surface area (Å²) < 4.78 is 6.04. The fraction of sp³-hybridized carbons (Fsp3) is 0.375. The van der Waals surface area contributed by atoms with Crippen molar-refractivity contribution in [3.8, 4) is 5.75 Å². The van der Waals surface area contributed by atoms with E-state index in [9.17, 15) is 9.59 Å². The van der Waals surface area contributed by atoms with Crippen LogP contribution in [0.5, 0.6) is 5.75 Å². The molecule has 0 radical (unpaired) electrons. The number of thioether (sulfide) groups is 1. The summed E-state index contributed by atoms with van der Waals surface area (Å²) in [5, 5.41) is 14.5. The number of hydrogen-bond acceptors (Lipinski definition) is 8. The van der Waals surface area contributed by atoms with Gasteiger partial charge in [-0.15, -0.1) is 10.2 Å². The number of Topliss-reactive ketones (excluding diaryl/α,β-unsaturated/α-hetero) is 1. The van der Waals surface area contributed by atoms with E-state index >= 15 is 0 Å². The van der Waals surface area contributed by atoms with Gasteiger partial charge in [0, 0.05) is 11.6 Å². The zero-order valence-corrected chi connectivity index (χ0v) is 15.7. The summed E-state index contributed by atoms with van der Waals surface area (Å²) in [6, 6.07) is 5.34. The van der Waals surface area contributed by atoms with Gasteiger partial charge in [-0.25, -0.2) is 0 Å². The number of amides is 1. The zero-order chi connectivity index (χ0) is 18.0. The van der Waals surface area contributed by atoms with Gasteiger partial charge in [0.2, 0.25) is 5.13 Å². The molecule has 3 rings (SSSR count). The zero-order valence-electron chi connectivity index (χ0n) is 14.0. The van der Waals surface area contributed by atoms with Gasteiger partial charge < -0.3 is 15.4 Å². The monoisotopic (exact) mass is 378 g/mol. The first-order chi connectivity index (χ1) is 11.9. The summed E-state index contributed by atoms with van der Waals surface area (Å²) in [5.74, 6) is 0.310. The summed E-state index contributed by atoms with van der Waals surface area (Å²) in [5.41, 5.74) is 1.05. The number of aromatic nitrogens is 2. The van der Waals surface area contributed by atoms with Gasteiger partial charge in [-0.1, -0.05) is 23.1 Å². The Bertz CT molecular complexity index is 806. The highest BCUT2D eigenvalue weighted by Crippen LogP contribution is 2.33. The Kier molecular flexibility index (Phi) is 5.24. The summed E-state index contributed by atoms with van der Waals surface area (Å²) >= 11 is 2.79. The average molecular weight is 378 g/mol. The third-order valence-corrected chi connectivity index (χ3v) is 5.40. The number of hydrogen-bond donors (Lipinski definition) is 2. The fourth-order valence-corrected chi connectivity index (χ4v) is 4.36. The van der Waals surface area contributed by atoms with Crippen molar-refractivity contribution >= 4 is 45.6 Å². The van der Waals surface area contributed by atoms with E-state index in [-0.39, 0.29) is 29.6 Å². The molecule has 0 saturated heterocycles. The fourth-order valence-electron chi connectivity index (χ4n) is 2.24. The molecule has 2 heterocycles. The molecule has 9 heteroatoms. The number of carbonyl (C=O) groups is 2. The molecule has 25 heavy (non-hydrogen) atoms. The molecule has 0 spiro atoms. The summed E-state index contributed by atoms with van der Waals surface area (Å²) in [6.07, 6.45) is 0. The average Bonchev–Trinajstić information content (AvgIpc) is 2.99. The molecular weight excluding hydrogens is 360 g/mol. The van der Waals surface area contributed by atoms with E-state index in [2.05, 4.69) is 20.8 Å². The minimum atomic E-state index is -0.321. The van der Waals surface area contributed by atoms with E-state index in [0.29, 0.717) is 17.0 Å². The highest BCUT2D eigenvalue weighted by atomic mass is 32.2. The van der Waals surface area contributed by atoms with Crippen molar-refractivity contribution < 1.29 is 14.3 Å². The van der Waals surface area contributed by atoms with Crippen molar-refractivity contribution in [2.45, 2.75) is 36.4 Å². The van der Waals surface area contributed by atoms with Crippen molar-refractivity contribution in [3.05, 3.63) is 23.8 Å². The largest absolute Gasteiger partial charge is 0.482 e. The van der Waals surface area contributed by atoms with Crippen molar-refractivity contribution in [2.75, 3.05) is 17.2 Å². The number of nitrogens with one attached hydrogen (secondary N) is 2. The Hall–Kier alpha value is -2.13. The van der Waals surface area contributed by atoms with Crippen LogP contribution in [0.4, 0.5) is 10.8 Å².